The largest absolute Gasteiger partial charge is 0.434 e. The first-order valence-electron chi connectivity index (χ1n) is 8.89. The molecule has 1 aliphatic rings. The molecular weight excluding hydrogens is 318 g/mol. The van der Waals surface area contributed by atoms with E-state index in [2.05, 4.69) is 24.8 Å². The highest BCUT2D eigenvalue weighted by Gasteiger charge is 2.21. The monoisotopic (exact) mass is 342 g/mol. The fourth-order valence-electron chi connectivity index (χ4n) is 3.81. The van der Waals surface area contributed by atoms with Crippen molar-refractivity contribution < 1.29 is 13.5 Å². The summed E-state index contributed by atoms with van der Waals surface area (Å²) < 4.78 is 30.5. The third-order valence-corrected chi connectivity index (χ3v) is 5.15. The highest BCUT2D eigenvalue weighted by molar-refractivity contribution is 5.92. The number of halogens is 2. The average molecular weight is 342 g/mol. The summed E-state index contributed by atoms with van der Waals surface area (Å²) in [6, 6.07) is 9.96. The summed E-state index contributed by atoms with van der Waals surface area (Å²) in [4.78, 5) is 0. The van der Waals surface area contributed by atoms with Crippen LogP contribution in [0.4, 0.5) is 8.78 Å². The van der Waals surface area contributed by atoms with Gasteiger partial charge in [-0.3, -0.25) is 0 Å². The van der Waals surface area contributed by atoms with E-state index in [1.807, 2.05) is 31.2 Å². The van der Waals surface area contributed by atoms with E-state index in [0.717, 1.165) is 23.6 Å². The first-order chi connectivity index (χ1) is 12.1. The van der Waals surface area contributed by atoms with Crippen molar-refractivity contribution in [3.05, 3.63) is 60.2 Å². The summed E-state index contributed by atoms with van der Waals surface area (Å²) in [5.41, 5.74) is 1.96. The molecule has 0 heterocycles. The number of hydrogen-bond donors (Lipinski definition) is 0. The second-order valence-electron chi connectivity index (χ2n) is 6.69. The quantitative estimate of drug-likeness (QED) is 0.535. The van der Waals surface area contributed by atoms with Crippen LogP contribution in [-0.4, -0.2) is 6.61 Å². The molecule has 132 valence electrons. The molecule has 1 aliphatic carbocycles. The van der Waals surface area contributed by atoms with Gasteiger partial charge in [-0.15, -0.1) is 6.58 Å². The lowest BCUT2D eigenvalue weighted by Crippen LogP contribution is -2.11. The standard InChI is InChI=1S/C22H24F2O/c1-3-5-17-10-11-19-14-18(16-8-6-15(4-2)7-9-16)12-13-20(19)21(17)25-22(23)24/h3-5,10-16,22H,2,6-9H2,1H3/b5-3+. The number of benzene rings is 2. The van der Waals surface area contributed by atoms with E-state index in [1.54, 1.807) is 6.08 Å². The Labute approximate surface area is 148 Å². The topological polar surface area (TPSA) is 9.23 Å². The predicted octanol–water partition coefficient (Wildman–Crippen LogP) is 6.93. The Bertz CT molecular complexity index is 771. The van der Waals surface area contributed by atoms with E-state index < -0.39 is 6.61 Å². The predicted molar refractivity (Wildman–Crippen MR) is 100 cm³/mol. The zero-order valence-corrected chi connectivity index (χ0v) is 14.6. The Hall–Kier alpha value is -2.16. The Kier molecular flexibility index (Phi) is 5.52. The number of hydrogen-bond acceptors (Lipinski definition) is 1. The molecule has 1 nitrogen and oxygen atoms in total. The summed E-state index contributed by atoms with van der Waals surface area (Å²) in [6.07, 6.45) is 10.3. The molecule has 0 aromatic heterocycles. The van der Waals surface area contributed by atoms with Gasteiger partial charge in [0.05, 0.1) is 0 Å². The minimum Gasteiger partial charge on any atom is -0.434 e. The number of rotatable bonds is 5. The van der Waals surface area contributed by atoms with E-state index in [-0.39, 0.29) is 5.75 Å². The Balaban J connectivity index is 1.95. The van der Waals surface area contributed by atoms with E-state index >= 15 is 0 Å². The molecule has 2 aromatic rings. The maximum atomic E-state index is 12.9. The van der Waals surface area contributed by atoms with E-state index in [1.165, 1.54) is 18.4 Å². The summed E-state index contributed by atoms with van der Waals surface area (Å²) in [6.45, 7) is 2.93. The van der Waals surface area contributed by atoms with Gasteiger partial charge >= 0.3 is 6.61 Å². The molecule has 0 spiro atoms. The van der Waals surface area contributed by atoms with Gasteiger partial charge in [0.25, 0.3) is 0 Å². The van der Waals surface area contributed by atoms with Crippen LogP contribution in [0.3, 0.4) is 0 Å². The van der Waals surface area contributed by atoms with Crippen molar-refractivity contribution in [2.75, 3.05) is 0 Å². The molecule has 0 atom stereocenters. The summed E-state index contributed by atoms with van der Waals surface area (Å²) >= 11 is 0. The molecule has 0 radical (unpaired) electrons. The zero-order chi connectivity index (χ0) is 17.8. The lowest BCUT2D eigenvalue weighted by Gasteiger charge is -2.27. The van der Waals surface area contributed by atoms with Gasteiger partial charge in [0.15, 0.2) is 0 Å². The Morgan fingerprint density at radius 2 is 1.88 bits per heavy atom. The van der Waals surface area contributed by atoms with E-state index in [9.17, 15) is 8.78 Å². The van der Waals surface area contributed by atoms with Gasteiger partial charge in [-0.1, -0.05) is 48.6 Å². The molecule has 0 N–H and O–H groups in total. The smallest absolute Gasteiger partial charge is 0.387 e. The summed E-state index contributed by atoms with van der Waals surface area (Å²) in [5.74, 6) is 1.42. The molecule has 0 unspecified atom stereocenters. The highest BCUT2D eigenvalue weighted by Crippen LogP contribution is 2.39. The van der Waals surface area contributed by atoms with E-state index in [4.69, 9.17) is 4.74 Å². The minimum absolute atomic E-state index is 0.257. The third-order valence-electron chi connectivity index (χ3n) is 5.15. The van der Waals surface area contributed by atoms with Crippen LogP contribution in [0.15, 0.2) is 49.1 Å². The van der Waals surface area contributed by atoms with Gasteiger partial charge in [0, 0.05) is 10.9 Å². The molecule has 3 heteroatoms. The van der Waals surface area contributed by atoms with Crippen LogP contribution < -0.4 is 4.74 Å². The number of fused-ring (bicyclic) bond motifs is 1. The van der Waals surface area contributed by atoms with Gasteiger partial charge in [0.1, 0.15) is 5.75 Å². The fraction of sp³-hybridized carbons (Fsp3) is 0.364. The van der Waals surface area contributed by atoms with Gasteiger partial charge in [-0.2, -0.15) is 8.78 Å². The maximum Gasteiger partial charge on any atom is 0.387 e. The number of alkyl halides is 2. The molecule has 3 rings (SSSR count). The third kappa shape index (κ3) is 3.92. The van der Waals surface area contributed by atoms with Crippen LogP contribution >= 0.6 is 0 Å². The van der Waals surface area contributed by atoms with Gasteiger partial charge < -0.3 is 4.74 Å². The maximum absolute atomic E-state index is 12.9. The van der Waals surface area contributed by atoms with Crippen molar-refractivity contribution in [3.8, 4) is 5.75 Å². The molecule has 0 bridgehead atoms. The van der Waals surface area contributed by atoms with Gasteiger partial charge in [0.2, 0.25) is 0 Å². The van der Waals surface area contributed by atoms with Crippen molar-refractivity contribution in [1.82, 2.24) is 0 Å². The molecule has 1 saturated carbocycles. The minimum atomic E-state index is -2.83. The highest BCUT2D eigenvalue weighted by atomic mass is 19.3. The second kappa shape index (κ2) is 7.81. The van der Waals surface area contributed by atoms with Crippen molar-refractivity contribution >= 4 is 16.8 Å². The fourth-order valence-corrected chi connectivity index (χ4v) is 3.81. The van der Waals surface area contributed by atoms with Crippen molar-refractivity contribution in [2.45, 2.75) is 45.1 Å². The first-order valence-corrected chi connectivity index (χ1v) is 8.89. The van der Waals surface area contributed by atoms with Crippen molar-refractivity contribution in [2.24, 2.45) is 5.92 Å². The van der Waals surface area contributed by atoms with E-state index in [0.29, 0.717) is 17.4 Å². The molecular formula is C22H24F2O. The van der Waals surface area contributed by atoms with Crippen LogP contribution in [0.1, 0.15) is 49.7 Å². The van der Waals surface area contributed by atoms with Crippen LogP contribution in [0.2, 0.25) is 0 Å². The lowest BCUT2D eigenvalue weighted by molar-refractivity contribution is -0.0489. The Morgan fingerprint density at radius 3 is 2.52 bits per heavy atom. The molecule has 2 aromatic carbocycles. The van der Waals surface area contributed by atoms with Crippen LogP contribution in [0.5, 0.6) is 5.75 Å². The van der Waals surface area contributed by atoms with Crippen LogP contribution in [0, 0.1) is 5.92 Å². The molecule has 0 aliphatic heterocycles. The van der Waals surface area contributed by atoms with Crippen LogP contribution in [-0.2, 0) is 0 Å². The van der Waals surface area contributed by atoms with Crippen molar-refractivity contribution in [1.29, 1.82) is 0 Å². The molecule has 1 fully saturated rings. The average Bonchev–Trinajstić information content (AvgIpc) is 2.63. The summed E-state index contributed by atoms with van der Waals surface area (Å²) in [7, 11) is 0. The molecule has 0 saturated heterocycles. The second-order valence-corrected chi connectivity index (χ2v) is 6.69. The van der Waals surface area contributed by atoms with Crippen molar-refractivity contribution in [3.63, 3.8) is 0 Å². The number of ether oxygens (including phenoxy) is 1. The normalized spacial score (nSPS) is 21.1. The van der Waals surface area contributed by atoms with Gasteiger partial charge in [-0.25, -0.2) is 0 Å². The zero-order valence-electron chi connectivity index (χ0n) is 14.6. The summed E-state index contributed by atoms with van der Waals surface area (Å²) in [5, 5.41) is 1.69. The number of allylic oxidation sites excluding steroid dienone is 2. The molecule has 25 heavy (non-hydrogen) atoms. The molecule has 0 amide bonds. The van der Waals surface area contributed by atoms with Gasteiger partial charge in [-0.05, 0) is 55.4 Å². The lowest BCUT2D eigenvalue weighted by atomic mass is 9.78. The van der Waals surface area contributed by atoms with Crippen LogP contribution in [0.25, 0.3) is 16.8 Å². The first kappa shape index (κ1) is 17.7. The Morgan fingerprint density at radius 1 is 1.12 bits per heavy atom. The SMILES string of the molecule is C=CC1CCC(c2ccc3c(OC(F)F)c(/C=C/C)ccc3c2)CC1.